The fourth-order valence-electron chi connectivity index (χ4n) is 2.52. The Kier molecular flexibility index (Phi) is 15.7. The number of rotatable bonds is 13. The van der Waals surface area contributed by atoms with E-state index >= 15 is 0 Å². The summed E-state index contributed by atoms with van der Waals surface area (Å²) in [5, 5.41) is 16.8. The van der Waals surface area contributed by atoms with Crippen molar-refractivity contribution in [3.05, 3.63) is 35.9 Å². The Bertz CT molecular complexity index is 442. The van der Waals surface area contributed by atoms with E-state index in [1.807, 2.05) is 0 Å². The maximum Gasteiger partial charge on any atom is 0.335 e. The van der Waals surface area contributed by atoms with Gasteiger partial charge in [0, 0.05) is 6.42 Å². The number of carboxylic acid groups (broad SMARTS) is 2. The smallest absolute Gasteiger partial charge is 0.335 e. The first-order chi connectivity index (χ1) is 12.1. The standard InChI is InChI=1S/C14H28O2.C7H6O2/c1-2-3-4-5-6-7-8-9-10-11-12-13-14(15)16;8-7(9)6-4-2-1-3-5-6/h2-13H2,1H3,(H,15,16);1-5H,(H,8,9). The molecule has 0 heterocycles. The van der Waals surface area contributed by atoms with Gasteiger partial charge in [-0.3, -0.25) is 4.79 Å². The highest BCUT2D eigenvalue weighted by molar-refractivity contribution is 5.87. The summed E-state index contributed by atoms with van der Waals surface area (Å²) in [5.74, 6) is -1.54. The molecule has 4 heteroatoms. The number of unbranched alkanes of at least 4 members (excludes halogenated alkanes) is 10. The number of hydrogen-bond acceptors (Lipinski definition) is 2. The maximum atomic E-state index is 10.3. The van der Waals surface area contributed by atoms with Crippen molar-refractivity contribution in [1.29, 1.82) is 0 Å². The SMILES string of the molecule is CCCCCCCCCCCCCC(=O)O.O=C(O)c1ccccc1. The minimum atomic E-state index is -0.879. The summed E-state index contributed by atoms with van der Waals surface area (Å²) in [7, 11) is 0. The molecule has 1 aromatic rings. The van der Waals surface area contributed by atoms with Gasteiger partial charge in [-0.15, -0.1) is 0 Å². The molecule has 0 aliphatic heterocycles. The van der Waals surface area contributed by atoms with Crippen molar-refractivity contribution in [2.24, 2.45) is 0 Å². The van der Waals surface area contributed by atoms with E-state index in [4.69, 9.17) is 10.2 Å². The Morgan fingerprint density at radius 2 is 1.16 bits per heavy atom. The number of hydrogen-bond donors (Lipinski definition) is 2. The van der Waals surface area contributed by atoms with Gasteiger partial charge in [0.2, 0.25) is 0 Å². The van der Waals surface area contributed by atoms with Crippen LogP contribution in [-0.2, 0) is 4.79 Å². The molecule has 0 spiro atoms. The van der Waals surface area contributed by atoms with Crippen LogP contribution in [0, 0.1) is 0 Å². The average molecular weight is 350 g/mol. The van der Waals surface area contributed by atoms with E-state index in [1.54, 1.807) is 30.3 Å². The summed E-state index contributed by atoms with van der Waals surface area (Å²) < 4.78 is 0. The Labute approximate surface area is 152 Å². The first-order valence-electron chi connectivity index (χ1n) is 9.58. The molecule has 1 rings (SSSR count). The average Bonchev–Trinajstić information content (AvgIpc) is 2.61. The number of carbonyl (C=O) groups is 2. The van der Waals surface area contributed by atoms with Crippen LogP contribution in [0.4, 0.5) is 0 Å². The topological polar surface area (TPSA) is 74.6 Å². The third kappa shape index (κ3) is 16.8. The largest absolute Gasteiger partial charge is 0.481 e. The second-order valence-electron chi connectivity index (χ2n) is 6.35. The van der Waals surface area contributed by atoms with Crippen molar-refractivity contribution in [2.45, 2.75) is 84.0 Å². The molecule has 25 heavy (non-hydrogen) atoms. The van der Waals surface area contributed by atoms with E-state index in [1.165, 1.54) is 57.8 Å². The monoisotopic (exact) mass is 350 g/mol. The number of benzene rings is 1. The Morgan fingerprint density at radius 3 is 1.52 bits per heavy atom. The minimum Gasteiger partial charge on any atom is -0.481 e. The van der Waals surface area contributed by atoms with Crippen LogP contribution in [0.25, 0.3) is 0 Å². The van der Waals surface area contributed by atoms with Crippen LogP contribution in [0.5, 0.6) is 0 Å². The molecule has 0 unspecified atom stereocenters. The molecule has 0 atom stereocenters. The number of carboxylic acids is 2. The van der Waals surface area contributed by atoms with E-state index in [9.17, 15) is 9.59 Å². The summed E-state index contributed by atoms with van der Waals surface area (Å²) in [6, 6.07) is 8.30. The van der Waals surface area contributed by atoms with Crippen LogP contribution < -0.4 is 0 Å². The van der Waals surface area contributed by atoms with Gasteiger partial charge in [-0.25, -0.2) is 4.79 Å². The first-order valence-corrected chi connectivity index (χ1v) is 9.58. The molecule has 0 fully saturated rings. The van der Waals surface area contributed by atoms with Crippen molar-refractivity contribution in [3.63, 3.8) is 0 Å². The van der Waals surface area contributed by atoms with Gasteiger partial charge in [-0.05, 0) is 18.6 Å². The third-order valence-electron chi connectivity index (χ3n) is 4.01. The van der Waals surface area contributed by atoms with Crippen molar-refractivity contribution >= 4 is 11.9 Å². The zero-order valence-corrected chi connectivity index (χ0v) is 15.6. The highest BCUT2D eigenvalue weighted by Gasteiger charge is 1.97. The molecule has 0 bridgehead atoms. The molecular formula is C21H34O4. The molecule has 0 saturated heterocycles. The van der Waals surface area contributed by atoms with Crippen molar-refractivity contribution in [1.82, 2.24) is 0 Å². The zero-order valence-electron chi connectivity index (χ0n) is 15.6. The second-order valence-corrected chi connectivity index (χ2v) is 6.35. The first kappa shape index (κ1) is 23.2. The fraction of sp³-hybridized carbons (Fsp3) is 0.619. The quantitative estimate of drug-likeness (QED) is 0.418. The molecule has 142 valence electrons. The van der Waals surface area contributed by atoms with Crippen LogP contribution in [-0.4, -0.2) is 22.2 Å². The Balaban J connectivity index is 0.000000535. The molecule has 1 aromatic carbocycles. The van der Waals surface area contributed by atoms with Gasteiger partial charge >= 0.3 is 11.9 Å². The lowest BCUT2D eigenvalue weighted by Gasteiger charge is -2.01. The molecule has 0 aliphatic rings. The van der Waals surface area contributed by atoms with Crippen molar-refractivity contribution < 1.29 is 19.8 Å². The lowest BCUT2D eigenvalue weighted by Crippen LogP contribution is -1.93. The van der Waals surface area contributed by atoms with E-state index in [0.29, 0.717) is 12.0 Å². The minimum absolute atomic E-state index is 0.331. The summed E-state index contributed by atoms with van der Waals surface area (Å²) >= 11 is 0. The van der Waals surface area contributed by atoms with E-state index in [2.05, 4.69) is 6.92 Å². The van der Waals surface area contributed by atoms with Crippen LogP contribution >= 0.6 is 0 Å². The molecule has 0 saturated carbocycles. The molecule has 2 N–H and O–H groups in total. The molecular weight excluding hydrogens is 316 g/mol. The molecule has 0 radical (unpaired) electrons. The molecule has 0 aromatic heterocycles. The third-order valence-corrected chi connectivity index (χ3v) is 4.01. The van der Waals surface area contributed by atoms with Crippen LogP contribution in [0.3, 0.4) is 0 Å². The van der Waals surface area contributed by atoms with E-state index in [-0.39, 0.29) is 0 Å². The van der Waals surface area contributed by atoms with E-state index in [0.717, 1.165) is 12.8 Å². The predicted octanol–water partition coefficient (Wildman–Crippen LogP) is 6.16. The normalized spacial score (nSPS) is 9.96. The Hall–Kier alpha value is -1.84. The van der Waals surface area contributed by atoms with Gasteiger partial charge in [0.1, 0.15) is 0 Å². The maximum absolute atomic E-state index is 10.3. The molecule has 0 amide bonds. The Morgan fingerprint density at radius 1 is 0.720 bits per heavy atom. The number of aliphatic carboxylic acids is 1. The lowest BCUT2D eigenvalue weighted by molar-refractivity contribution is -0.137. The highest BCUT2D eigenvalue weighted by Crippen LogP contribution is 2.11. The van der Waals surface area contributed by atoms with Gasteiger partial charge in [0.25, 0.3) is 0 Å². The van der Waals surface area contributed by atoms with Gasteiger partial charge in [-0.2, -0.15) is 0 Å². The predicted molar refractivity (Wildman–Crippen MR) is 102 cm³/mol. The summed E-state index contributed by atoms with van der Waals surface area (Å²) in [5.41, 5.74) is 0.331. The van der Waals surface area contributed by atoms with Gasteiger partial charge in [-0.1, -0.05) is 89.3 Å². The zero-order chi connectivity index (χ0) is 18.8. The summed E-state index contributed by atoms with van der Waals surface area (Å²) in [6.45, 7) is 2.25. The van der Waals surface area contributed by atoms with Gasteiger partial charge in [0.15, 0.2) is 0 Å². The van der Waals surface area contributed by atoms with Crippen molar-refractivity contribution in [2.75, 3.05) is 0 Å². The second kappa shape index (κ2) is 17.0. The summed E-state index contributed by atoms with van der Waals surface area (Å²) in [6.07, 6.45) is 14.4. The van der Waals surface area contributed by atoms with Crippen LogP contribution in [0.1, 0.15) is 94.3 Å². The highest BCUT2D eigenvalue weighted by atomic mass is 16.4. The van der Waals surface area contributed by atoms with Crippen LogP contribution in [0.15, 0.2) is 30.3 Å². The van der Waals surface area contributed by atoms with Gasteiger partial charge in [0.05, 0.1) is 5.56 Å². The lowest BCUT2D eigenvalue weighted by atomic mass is 10.1. The summed E-state index contributed by atoms with van der Waals surface area (Å²) in [4.78, 5) is 20.5. The van der Waals surface area contributed by atoms with Gasteiger partial charge < -0.3 is 10.2 Å². The van der Waals surface area contributed by atoms with E-state index < -0.39 is 11.9 Å². The van der Waals surface area contributed by atoms with Crippen molar-refractivity contribution in [3.8, 4) is 0 Å². The van der Waals surface area contributed by atoms with Crippen LogP contribution in [0.2, 0.25) is 0 Å². The number of aromatic carboxylic acids is 1. The molecule has 4 nitrogen and oxygen atoms in total. The molecule has 0 aliphatic carbocycles. The fourth-order valence-corrected chi connectivity index (χ4v) is 2.52.